The Kier molecular flexibility index (Phi) is 3.94. The van der Waals surface area contributed by atoms with E-state index in [-0.39, 0.29) is 12.0 Å². The molecule has 0 radical (unpaired) electrons. The van der Waals surface area contributed by atoms with Gasteiger partial charge in [0.1, 0.15) is 5.82 Å². The lowest BCUT2D eigenvalue weighted by atomic mass is 10.1. The number of aromatic nitrogens is 1. The van der Waals surface area contributed by atoms with Gasteiger partial charge in [-0.05, 0) is 6.07 Å². The van der Waals surface area contributed by atoms with Crippen LogP contribution in [0.5, 0.6) is 0 Å². The number of aliphatic imine (C=N–C) groups is 1. The van der Waals surface area contributed by atoms with Crippen molar-refractivity contribution in [2.75, 3.05) is 14.2 Å². The molecule has 23 heavy (non-hydrogen) atoms. The number of ketones is 1. The van der Waals surface area contributed by atoms with Crippen LogP contribution < -0.4 is 5.32 Å². The highest BCUT2D eigenvalue weighted by molar-refractivity contribution is 6.45. The molecule has 0 saturated carbocycles. The largest absolute Gasteiger partial charge is 0.360 e. The third-order valence-electron chi connectivity index (χ3n) is 3.60. The number of para-hydroxylation sites is 1. The number of benzene rings is 1. The minimum atomic E-state index is -0.738. The number of methoxy groups -OCH3 is 1. The number of carbonyl (C=O) groups is 2. The van der Waals surface area contributed by atoms with Gasteiger partial charge in [0.05, 0.1) is 11.9 Å². The number of H-pyrrole nitrogens is 1. The Labute approximate surface area is 132 Å². The van der Waals surface area contributed by atoms with Crippen LogP contribution in [0.4, 0.5) is 0 Å². The van der Waals surface area contributed by atoms with Gasteiger partial charge in [-0.1, -0.05) is 18.2 Å². The normalized spacial score (nSPS) is 17.2. The fourth-order valence-corrected chi connectivity index (χ4v) is 2.38. The average molecular weight is 312 g/mol. The van der Waals surface area contributed by atoms with E-state index in [1.807, 2.05) is 18.2 Å². The third kappa shape index (κ3) is 2.86. The highest BCUT2D eigenvalue weighted by atomic mass is 16.5. The van der Waals surface area contributed by atoms with E-state index in [0.717, 1.165) is 5.52 Å². The zero-order chi connectivity index (χ0) is 16.4. The fourth-order valence-electron chi connectivity index (χ4n) is 2.38. The van der Waals surface area contributed by atoms with Gasteiger partial charge in [-0.3, -0.25) is 9.59 Å². The van der Waals surface area contributed by atoms with Gasteiger partial charge in [-0.15, -0.1) is 0 Å². The standard InChI is InChI=1S/C16H16N4O3/c1-20-9-18-13(7-14(20)23-2)19-16(22)15(21)11-8-17-12-6-4-3-5-10(11)12/h3-9,14,17H,1-2H3,(H,19,22). The molecule has 2 aromatic rings. The summed E-state index contributed by atoms with van der Waals surface area (Å²) < 4.78 is 5.22. The van der Waals surface area contributed by atoms with Crippen LogP contribution in [0.2, 0.25) is 0 Å². The molecular formula is C16H16N4O3. The summed E-state index contributed by atoms with van der Waals surface area (Å²) in [4.78, 5) is 33.3. The molecule has 2 heterocycles. The maximum Gasteiger partial charge on any atom is 0.297 e. The first kappa shape index (κ1) is 15.0. The number of amides is 1. The summed E-state index contributed by atoms with van der Waals surface area (Å²) in [6.45, 7) is 0. The molecule has 0 spiro atoms. The average Bonchev–Trinajstić information content (AvgIpc) is 2.99. The molecule has 7 heteroatoms. The van der Waals surface area contributed by atoms with Crippen molar-refractivity contribution in [2.45, 2.75) is 6.23 Å². The van der Waals surface area contributed by atoms with Crippen LogP contribution in [0.3, 0.4) is 0 Å². The van der Waals surface area contributed by atoms with Gasteiger partial charge >= 0.3 is 0 Å². The van der Waals surface area contributed by atoms with Crippen LogP contribution in [0.1, 0.15) is 10.4 Å². The maximum atomic E-state index is 12.4. The van der Waals surface area contributed by atoms with E-state index in [1.54, 1.807) is 31.2 Å². The molecule has 1 aliphatic heterocycles. The molecule has 0 aliphatic carbocycles. The number of likely N-dealkylation sites (N-methyl/N-ethyl adjacent to an activating group) is 1. The van der Waals surface area contributed by atoms with E-state index in [9.17, 15) is 9.59 Å². The number of aromatic amines is 1. The van der Waals surface area contributed by atoms with Crippen molar-refractivity contribution in [3.8, 4) is 0 Å². The van der Waals surface area contributed by atoms with Crippen LogP contribution in [0.25, 0.3) is 10.9 Å². The SMILES string of the molecule is COC1C=C(NC(=O)C(=O)c2c[nH]c3ccccc23)N=CN1C. The number of nitrogens with one attached hydrogen (secondary N) is 2. The van der Waals surface area contributed by atoms with E-state index in [1.165, 1.54) is 12.5 Å². The van der Waals surface area contributed by atoms with E-state index < -0.39 is 11.7 Å². The van der Waals surface area contributed by atoms with Crippen molar-refractivity contribution >= 4 is 28.9 Å². The van der Waals surface area contributed by atoms with E-state index in [4.69, 9.17) is 4.74 Å². The molecule has 1 atom stereocenters. The lowest BCUT2D eigenvalue weighted by Crippen LogP contribution is -2.37. The molecule has 1 aromatic carbocycles. The second kappa shape index (κ2) is 6.05. The lowest BCUT2D eigenvalue weighted by molar-refractivity contribution is -0.116. The summed E-state index contributed by atoms with van der Waals surface area (Å²) >= 11 is 0. The Morgan fingerprint density at radius 2 is 2.13 bits per heavy atom. The minimum Gasteiger partial charge on any atom is -0.360 e. The maximum absolute atomic E-state index is 12.4. The number of fused-ring (bicyclic) bond motifs is 1. The molecular weight excluding hydrogens is 296 g/mol. The lowest BCUT2D eigenvalue weighted by Gasteiger charge is -2.25. The van der Waals surface area contributed by atoms with Gasteiger partial charge < -0.3 is 19.9 Å². The molecule has 0 fully saturated rings. The predicted molar refractivity (Wildman–Crippen MR) is 85.9 cm³/mol. The molecule has 1 amide bonds. The van der Waals surface area contributed by atoms with Gasteiger partial charge in [-0.2, -0.15) is 0 Å². The molecule has 1 aliphatic rings. The molecule has 1 unspecified atom stereocenters. The number of hydrogen-bond donors (Lipinski definition) is 2. The predicted octanol–water partition coefficient (Wildman–Crippen LogP) is 1.25. The van der Waals surface area contributed by atoms with Crippen LogP contribution in [0, 0.1) is 0 Å². The number of rotatable bonds is 4. The zero-order valence-electron chi connectivity index (χ0n) is 12.7. The van der Waals surface area contributed by atoms with Crippen molar-refractivity contribution in [2.24, 2.45) is 4.99 Å². The Bertz CT molecular complexity index is 822. The summed E-state index contributed by atoms with van der Waals surface area (Å²) in [5, 5.41) is 3.22. The van der Waals surface area contributed by atoms with Crippen molar-refractivity contribution in [1.82, 2.24) is 15.2 Å². The Morgan fingerprint density at radius 1 is 1.35 bits per heavy atom. The van der Waals surface area contributed by atoms with Crippen LogP contribution in [0.15, 0.2) is 47.4 Å². The van der Waals surface area contributed by atoms with E-state index >= 15 is 0 Å². The summed E-state index contributed by atoms with van der Waals surface area (Å²) in [6, 6.07) is 7.31. The van der Waals surface area contributed by atoms with Crippen LogP contribution >= 0.6 is 0 Å². The minimum absolute atomic E-state index is 0.285. The van der Waals surface area contributed by atoms with Crippen LogP contribution in [-0.4, -0.2) is 48.3 Å². The molecule has 2 N–H and O–H groups in total. The van der Waals surface area contributed by atoms with Gasteiger partial charge in [0.25, 0.3) is 11.7 Å². The molecule has 118 valence electrons. The first-order valence-corrected chi connectivity index (χ1v) is 7.02. The van der Waals surface area contributed by atoms with Crippen molar-refractivity contribution in [1.29, 1.82) is 0 Å². The monoisotopic (exact) mass is 312 g/mol. The number of ether oxygens (including phenoxy) is 1. The van der Waals surface area contributed by atoms with Crippen molar-refractivity contribution < 1.29 is 14.3 Å². The second-order valence-corrected chi connectivity index (χ2v) is 5.12. The highest BCUT2D eigenvalue weighted by Gasteiger charge is 2.22. The molecule has 3 rings (SSSR count). The summed E-state index contributed by atoms with van der Waals surface area (Å²) in [5.74, 6) is -1.07. The van der Waals surface area contributed by atoms with E-state index in [2.05, 4.69) is 15.3 Å². The number of carbonyl (C=O) groups excluding carboxylic acids is 2. The molecule has 1 aromatic heterocycles. The first-order chi connectivity index (χ1) is 11.1. The van der Waals surface area contributed by atoms with Crippen LogP contribution in [-0.2, 0) is 9.53 Å². The van der Waals surface area contributed by atoms with E-state index in [0.29, 0.717) is 10.9 Å². The molecule has 0 saturated heterocycles. The number of hydrogen-bond acceptors (Lipinski definition) is 5. The number of nitrogens with zero attached hydrogens (tertiary/aromatic N) is 2. The molecule has 7 nitrogen and oxygen atoms in total. The van der Waals surface area contributed by atoms with Gasteiger partial charge in [0.15, 0.2) is 6.23 Å². The first-order valence-electron chi connectivity index (χ1n) is 7.02. The van der Waals surface area contributed by atoms with Crippen molar-refractivity contribution in [3.05, 3.63) is 47.9 Å². The zero-order valence-corrected chi connectivity index (χ0v) is 12.7. The number of Topliss-reactive ketones (excluding diaryl/α,β-unsaturated/α-hetero) is 1. The fraction of sp³-hybridized carbons (Fsp3) is 0.188. The Hall–Kier alpha value is -2.93. The van der Waals surface area contributed by atoms with Gasteiger partial charge in [-0.25, -0.2) is 4.99 Å². The second-order valence-electron chi connectivity index (χ2n) is 5.12. The quantitative estimate of drug-likeness (QED) is 0.657. The topological polar surface area (TPSA) is 86.8 Å². The van der Waals surface area contributed by atoms with Gasteiger partial charge in [0, 0.05) is 37.3 Å². The van der Waals surface area contributed by atoms with Gasteiger partial charge in [0.2, 0.25) is 0 Å². The third-order valence-corrected chi connectivity index (χ3v) is 3.60. The summed E-state index contributed by atoms with van der Waals surface area (Å²) in [6.07, 6.45) is 4.35. The highest BCUT2D eigenvalue weighted by Crippen LogP contribution is 2.18. The van der Waals surface area contributed by atoms with Crippen molar-refractivity contribution in [3.63, 3.8) is 0 Å². The Morgan fingerprint density at radius 3 is 2.91 bits per heavy atom. The smallest absolute Gasteiger partial charge is 0.297 e. The summed E-state index contributed by atoms with van der Waals surface area (Å²) in [7, 11) is 3.34. The Balaban J connectivity index is 1.78. The molecule has 0 bridgehead atoms. The summed E-state index contributed by atoms with van der Waals surface area (Å²) in [5.41, 5.74) is 1.14.